The summed E-state index contributed by atoms with van der Waals surface area (Å²) < 4.78 is 0. The van der Waals surface area contributed by atoms with Gasteiger partial charge in [-0.2, -0.15) is 0 Å². The Morgan fingerprint density at radius 3 is 2.90 bits per heavy atom. The van der Waals surface area contributed by atoms with Crippen molar-refractivity contribution in [2.75, 3.05) is 13.2 Å². The quantitative estimate of drug-likeness (QED) is 0.505. The third-order valence-electron chi connectivity index (χ3n) is 2.16. The topological polar surface area (TPSA) is 47.7 Å². The maximum Gasteiger partial charge on any atom is 0.0894 e. The van der Waals surface area contributed by atoms with Crippen LogP contribution in [0.4, 0.5) is 0 Å². The van der Waals surface area contributed by atoms with Gasteiger partial charge in [0.2, 0.25) is 0 Å². The van der Waals surface area contributed by atoms with Crippen LogP contribution in [0.25, 0.3) is 0 Å². The van der Waals surface area contributed by atoms with Gasteiger partial charge in [-0.05, 0) is 19.3 Å². The Bertz CT molecular complexity index is 95.6. The highest BCUT2D eigenvalue weighted by Gasteiger charge is 2.18. The van der Waals surface area contributed by atoms with Crippen molar-refractivity contribution >= 4 is 0 Å². The maximum atomic E-state index is 11.1. The van der Waals surface area contributed by atoms with Gasteiger partial charge >= 0.3 is 0 Å². The van der Waals surface area contributed by atoms with E-state index in [1.54, 1.807) is 0 Å². The molecule has 2 atom stereocenters. The molecule has 0 radical (unpaired) electrons. The zero-order valence-electron chi connectivity index (χ0n) is 6.18. The van der Waals surface area contributed by atoms with Crippen LogP contribution in [0, 0.1) is 5.21 Å². The molecule has 1 aliphatic heterocycles. The highest BCUT2D eigenvalue weighted by molar-refractivity contribution is 4.60. The van der Waals surface area contributed by atoms with Gasteiger partial charge in [0.1, 0.15) is 0 Å². The molecule has 10 heavy (non-hydrogen) atoms. The molecule has 3 nitrogen and oxygen atoms in total. The van der Waals surface area contributed by atoms with E-state index in [-0.39, 0.29) is 12.6 Å². The van der Waals surface area contributed by atoms with E-state index in [4.69, 9.17) is 5.11 Å². The van der Waals surface area contributed by atoms with Crippen molar-refractivity contribution in [3.63, 3.8) is 0 Å². The van der Waals surface area contributed by atoms with Crippen LogP contribution in [0.1, 0.15) is 25.7 Å². The van der Waals surface area contributed by atoms with Gasteiger partial charge in [-0.3, -0.25) is 0 Å². The molecule has 1 fully saturated rings. The van der Waals surface area contributed by atoms with Crippen LogP contribution in [0.2, 0.25) is 0 Å². The first-order valence-corrected chi connectivity index (χ1v) is 3.98. The second-order valence-electron chi connectivity index (χ2n) is 2.92. The van der Waals surface area contributed by atoms with Crippen LogP contribution < -0.4 is 5.06 Å². The van der Waals surface area contributed by atoms with Gasteiger partial charge in [-0.1, -0.05) is 0 Å². The predicted molar refractivity (Wildman–Crippen MR) is 38.5 cm³/mol. The van der Waals surface area contributed by atoms with Crippen LogP contribution in [0.15, 0.2) is 0 Å². The molecule has 2 unspecified atom stereocenters. The van der Waals surface area contributed by atoms with E-state index in [0.29, 0.717) is 11.5 Å². The summed E-state index contributed by atoms with van der Waals surface area (Å²) in [6.45, 7) is 0.904. The fourth-order valence-electron chi connectivity index (χ4n) is 1.52. The zero-order chi connectivity index (χ0) is 7.40. The largest absolute Gasteiger partial charge is 0.634 e. The lowest BCUT2D eigenvalue weighted by molar-refractivity contribution is -0.881. The van der Waals surface area contributed by atoms with Crippen molar-refractivity contribution in [3.05, 3.63) is 5.21 Å². The fourth-order valence-corrected chi connectivity index (χ4v) is 1.52. The molecule has 3 heteroatoms. The molecule has 0 aromatic heterocycles. The van der Waals surface area contributed by atoms with Gasteiger partial charge in [-0.25, -0.2) is 0 Å². The molecule has 0 saturated carbocycles. The molecule has 0 aliphatic carbocycles. The van der Waals surface area contributed by atoms with E-state index in [0.717, 1.165) is 25.8 Å². The summed E-state index contributed by atoms with van der Waals surface area (Å²) in [5.41, 5.74) is 0. The van der Waals surface area contributed by atoms with Gasteiger partial charge in [-0.15, -0.1) is 0 Å². The standard InChI is InChI=1S/C7H15NO2/c9-6-4-7-3-1-2-5-8(7)10/h7-9H,1-6H2. The first kappa shape index (κ1) is 7.98. The SMILES string of the molecule is [O-][NH+]1CCCCC1CCO. The first-order valence-electron chi connectivity index (χ1n) is 3.98. The molecule has 1 heterocycles. The molecule has 0 spiro atoms. The van der Waals surface area contributed by atoms with Gasteiger partial charge in [0, 0.05) is 13.0 Å². The van der Waals surface area contributed by atoms with E-state index in [1.807, 2.05) is 0 Å². The number of piperidine rings is 1. The predicted octanol–water partition coefficient (Wildman–Crippen LogP) is -0.696. The number of rotatable bonds is 2. The number of quaternary nitrogens is 1. The normalized spacial score (nSPS) is 34.2. The average Bonchev–Trinajstić information content (AvgIpc) is 1.94. The van der Waals surface area contributed by atoms with E-state index >= 15 is 0 Å². The highest BCUT2D eigenvalue weighted by atomic mass is 16.5. The summed E-state index contributed by atoms with van der Waals surface area (Å²) in [6.07, 6.45) is 3.90. The number of aliphatic hydroxyl groups excluding tert-OH is 1. The molecule has 60 valence electrons. The monoisotopic (exact) mass is 145 g/mol. The van der Waals surface area contributed by atoms with Crippen molar-refractivity contribution in [2.45, 2.75) is 31.7 Å². The molecule has 1 rings (SSSR count). The minimum Gasteiger partial charge on any atom is -0.634 e. The number of hydrogen-bond donors (Lipinski definition) is 2. The lowest BCUT2D eigenvalue weighted by Crippen LogP contribution is -3.12. The molecular weight excluding hydrogens is 130 g/mol. The van der Waals surface area contributed by atoms with Crippen LogP contribution in [-0.4, -0.2) is 24.3 Å². The minimum absolute atomic E-state index is 0.163. The summed E-state index contributed by atoms with van der Waals surface area (Å²) in [7, 11) is 0. The lowest BCUT2D eigenvalue weighted by atomic mass is 10.0. The lowest BCUT2D eigenvalue weighted by Gasteiger charge is -2.34. The highest BCUT2D eigenvalue weighted by Crippen LogP contribution is 2.04. The minimum atomic E-state index is 0.163. The molecular formula is C7H15NO2. The third-order valence-corrected chi connectivity index (χ3v) is 2.16. The van der Waals surface area contributed by atoms with Crippen molar-refractivity contribution in [2.24, 2.45) is 0 Å². The fraction of sp³-hybridized carbons (Fsp3) is 1.00. The summed E-state index contributed by atoms with van der Waals surface area (Å²) >= 11 is 0. The number of aliphatic hydroxyl groups is 1. The van der Waals surface area contributed by atoms with Gasteiger partial charge in [0.25, 0.3) is 0 Å². The summed E-state index contributed by atoms with van der Waals surface area (Å²) in [4.78, 5) is 0. The Morgan fingerprint density at radius 2 is 2.30 bits per heavy atom. The molecule has 0 amide bonds. The number of hydrogen-bond acceptors (Lipinski definition) is 2. The number of nitrogens with one attached hydrogen (secondary N) is 1. The molecule has 0 bridgehead atoms. The van der Waals surface area contributed by atoms with Crippen molar-refractivity contribution in [1.29, 1.82) is 0 Å². The van der Waals surface area contributed by atoms with Gasteiger partial charge in [0.05, 0.1) is 12.6 Å². The summed E-state index contributed by atoms with van der Waals surface area (Å²) in [6, 6.07) is 0.179. The van der Waals surface area contributed by atoms with E-state index in [2.05, 4.69) is 0 Å². The Balaban J connectivity index is 2.25. The van der Waals surface area contributed by atoms with Gasteiger partial charge in [0.15, 0.2) is 0 Å². The van der Waals surface area contributed by atoms with E-state index in [9.17, 15) is 5.21 Å². The van der Waals surface area contributed by atoms with Crippen LogP contribution in [0.3, 0.4) is 0 Å². The molecule has 1 saturated heterocycles. The Hall–Kier alpha value is -0.120. The van der Waals surface area contributed by atoms with E-state index in [1.165, 1.54) is 0 Å². The maximum absolute atomic E-state index is 11.1. The second kappa shape index (κ2) is 3.91. The van der Waals surface area contributed by atoms with Gasteiger partial charge < -0.3 is 15.4 Å². The molecule has 2 N–H and O–H groups in total. The second-order valence-corrected chi connectivity index (χ2v) is 2.92. The molecule has 0 aromatic rings. The number of hydroxylamine groups is 2. The Labute approximate surface area is 61.2 Å². The third kappa shape index (κ3) is 1.94. The summed E-state index contributed by atoms with van der Waals surface area (Å²) in [5.74, 6) is 0. The molecule has 1 aliphatic rings. The van der Waals surface area contributed by atoms with E-state index < -0.39 is 0 Å². The van der Waals surface area contributed by atoms with Crippen molar-refractivity contribution in [3.8, 4) is 0 Å². The zero-order valence-corrected chi connectivity index (χ0v) is 6.18. The summed E-state index contributed by atoms with van der Waals surface area (Å²) in [5, 5.41) is 20.0. The Morgan fingerprint density at radius 1 is 1.50 bits per heavy atom. The molecule has 0 aromatic carbocycles. The van der Waals surface area contributed by atoms with Crippen LogP contribution in [-0.2, 0) is 0 Å². The average molecular weight is 145 g/mol. The Kier molecular flexibility index (Phi) is 3.12. The smallest absolute Gasteiger partial charge is 0.0894 e. The van der Waals surface area contributed by atoms with Crippen molar-refractivity contribution < 1.29 is 10.2 Å². The van der Waals surface area contributed by atoms with Crippen molar-refractivity contribution in [1.82, 2.24) is 0 Å². The first-order chi connectivity index (χ1) is 4.84. The van der Waals surface area contributed by atoms with Crippen LogP contribution in [0.5, 0.6) is 0 Å². The van der Waals surface area contributed by atoms with Crippen LogP contribution >= 0.6 is 0 Å².